The Morgan fingerprint density at radius 2 is 2.00 bits per heavy atom. The van der Waals surface area contributed by atoms with Crippen molar-refractivity contribution in [3.63, 3.8) is 0 Å². The quantitative estimate of drug-likeness (QED) is 0.856. The molecule has 0 spiro atoms. The second kappa shape index (κ2) is 7.23. The SMILES string of the molecule is COc1cc(C(=O)N(C)CC2Cc3ccccc3CN2C)ccc1F. The summed E-state index contributed by atoms with van der Waals surface area (Å²) in [5, 5.41) is 0. The Hall–Kier alpha value is -2.40. The van der Waals surface area contributed by atoms with Crippen molar-refractivity contribution in [2.24, 2.45) is 0 Å². The lowest BCUT2D eigenvalue weighted by Crippen LogP contribution is -2.46. The first-order valence-electron chi connectivity index (χ1n) is 8.35. The van der Waals surface area contributed by atoms with Crippen molar-refractivity contribution in [1.82, 2.24) is 9.80 Å². The molecule has 132 valence electrons. The number of carbonyl (C=O) groups excluding carboxylic acids is 1. The molecular formula is C20H23FN2O2. The molecule has 4 nitrogen and oxygen atoms in total. The molecule has 0 N–H and O–H groups in total. The van der Waals surface area contributed by atoms with E-state index in [1.807, 2.05) is 0 Å². The van der Waals surface area contributed by atoms with Gasteiger partial charge in [0.05, 0.1) is 7.11 Å². The molecule has 0 aromatic heterocycles. The highest BCUT2D eigenvalue weighted by molar-refractivity contribution is 5.94. The van der Waals surface area contributed by atoms with Crippen molar-refractivity contribution < 1.29 is 13.9 Å². The lowest BCUT2D eigenvalue weighted by Gasteiger charge is -2.36. The summed E-state index contributed by atoms with van der Waals surface area (Å²) in [6, 6.07) is 12.9. The van der Waals surface area contributed by atoms with Gasteiger partial charge in [-0.2, -0.15) is 0 Å². The van der Waals surface area contributed by atoms with E-state index in [-0.39, 0.29) is 17.7 Å². The van der Waals surface area contributed by atoms with Crippen molar-refractivity contribution >= 4 is 5.91 Å². The summed E-state index contributed by atoms with van der Waals surface area (Å²) in [6.07, 6.45) is 0.914. The van der Waals surface area contributed by atoms with E-state index in [1.54, 1.807) is 11.9 Å². The molecule has 1 aliphatic heterocycles. The first-order chi connectivity index (χ1) is 12.0. The predicted octanol–water partition coefficient (Wildman–Crippen LogP) is 2.96. The molecule has 1 aliphatic rings. The minimum atomic E-state index is -0.467. The topological polar surface area (TPSA) is 32.8 Å². The summed E-state index contributed by atoms with van der Waals surface area (Å²) in [7, 11) is 5.26. The average Bonchev–Trinajstić information content (AvgIpc) is 2.62. The van der Waals surface area contributed by atoms with Crippen LogP contribution in [0.25, 0.3) is 0 Å². The molecule has 2 aromatic rings. The smallest absolute Gasteiger partial charge is 0.253 e. The molecule has 0 saturated carbocycles. The number of rotatable bonds is 4. The Bertz CT molecular complexity index is 778. The number of ether oxygens (including phenoxy) is 1. The lowest BCUT2D eigenvalue weighted by molar-refractivity contribution is 0.0733. The van der Waals surface area contributed by atoms with Crippen LogP contribution in [0, 0.1) is 5.82 Å². The minimum Gasteiger partial charge on any atom is -0.494 e. The average molecular weight is 342 g/mol. The highest BCUT2D eigenvalue weighted by Gasteiger charge is 2.26. The number of halogens is 1. The summed E-state index contributed by atoms with van der Waals surface area (Å²) in [5.41, 5.74) is 3.12. The van der Waals surface area contributed by atoms with E-state index in [2.05, 4.69) is 36.2 Å². The van der Waals surface area contributed by atoms with Crippen LogP contribution in [-0.2, 0) is 13.0 Å². The molecule has 1 atom stereocenters. The Labute approximate surface area is 147 Å². The third-order valence-corrected chi connectivity index (χ3v) is 4.85. The van der Waals surface area contributed by atoms with Crippen LogP contribution in [0.1, 0.15) is 21.5 Å². The minimum absolute atomic E-state index is 0.0861. The fraction of sp³-hybridized carbons (Fsp3) is 0.350. The number of benzene rings is 2. The Kier molecular flexibility index (Phi) is 5.04. The standard InChI is InChI=1S/C20H23FN2O2/c1-22-12-16-7-5-4-6-14(16)10-17(22)13-23(2)20(24)15-8-9-18(21)19(11-15)25-3/h4-9,11,17H,10,12-13H2,1-3H3. The van der Waals surface area contributed by atoms with Gasteiger partial charge in [0.2, 0.25) is 0 Å². The van der Waals surface area contributed by atoms with Crippen LogP contribution in [0.5, 0.6) is 5.75 Å². The van der Waals surface area contributed by atoms with Gasteiger partial charge in [-0.1, -0.05) is 24.3 Å². The molecule has 0 aliphatic carbocycles. The van der Waals surface area contributed by atoms with Crippen LogP contribution in [0.2, 0.25) is 0 Å². The van der Waals surface area contributed by atoms with Crippen LogP contribution in [0.3, 0.4) is 0 Å². The summed E-state index contributed by atoms with van der Waals surface area (Å²) in [6.45, 7) is 1.50. The summed E-state index contributed by atoms with van der Waals surface area (Å²) in [4.78, 5) is 16.7. The van der Waals surface area contributed by atoms with Crippen LogP contribution in [-0.4, -0.2) is 49.5 Å². The number of hydrogen-bond acceptors (Lipinski definition) is 3. The van der Waals surface area contributed by atoms with Crippen LogP contribution in [0.4, 0.5) is 4.39 Å². The number of amides is 1. The summed E-state index contributed by atoms with van der Waals surface area (Å²) in [5.74, 6) is -0.515. The van der Waals surface area contributed by atoms with E-state index < -0.39 is 5.82 Å². The molecule has 0 bridgehead atoms. The molecule has 3 rings (SSSR count). The Morgan fingerprint density at radius 3 is 2.72 bits per heavy atom. The zero-order chi connectivity index (χ0) is 18.0. The molecule has 1 unspecified atom stereocenters. The first-order valence-corrected chi connectivity index (χ1v) is 8.35. The van der Waals surface area contributed by atoms with Crippen molar-refractivity contribution in [3.05, 3.63) is 65.0 Å². The maximum Gasteiger partial charge on any atom is 0.253 e. The number of methoxy groups -OCH3 is 1. The Morgan fingerprint density at radius 1 is 1.28 bits per heavy atom. The van der Waals surface area contributed by atoms with Crippen LogP contribution >= 0.6 is 0 Å². The normalized spacial score (nSPS) is 17.0. The number of nitrogens with zero attached hydrogens (tertiary/aromatic N) is 2. The molecule has 0 fully saturated rings. The van der Waals surface area contributed by atoms with Gasteiger partial charge >= 0.3 is 0 Å². The van der Waals surface area contributed by atoms with Gasteiger partial charge in [-0.3, -0.25) is 9.69 Å². The molecule has 5 heteroatoms. The zero-order valence-corrected chi connectivity index (χ0v) is 14.8. The van der Waals surface area contributed by atoms with Crippen molar-refractivity contribution in [2.75, 3.05) is 27.7 Å². The van der Waals surface area contributed by atoms with Gasteiger partial charge in [0, 0.05) is 31.7 Å². The van der Waals surface area contributed by atoms with E-state index in [9.17, 15) is 9.18 Å². The monoisotopic (exact) mass is 342 g/mol. The maximum atomic E-state index is 13.5. The van der Waals surface area contributed by atoms with Gasteiger partial charge in [0.1, 0.15) is 0 Å². The molecule has 25 heavy (non-hydrogen) atoms. The molecule has 0 radical (unpaired) electrons. The lowest BCUT2D eigenvalue weighted by atomic mass is 9.94. The molecule has 1 amide bonds. The molecule has 1 heterocycles. The Balaban J connectivity index is 1.71. The second-order valence-corrected chi connectivity index (χ2v) is 6.58. The van der Waals surface area contributed by atoms with Gasteiger partial charge in [-0.25, -0.2) is 4.39 Å². The molecule has 2 aromatic carbocycles. The molecular weight excluding hydrogens is 319 g/mol. The number of fused-ring (bicyclic) bond motifs is 1. The zero-order valence-electron chi connectivity index (χ0n) is 14.8. The number of likely N-dealkylation sites (N-methyl/N-ethyl adjacent to an activating group) is 2. The predicted molar refractivity (Wildman–Crippen MR) is 95.3 cm³/mol. The van der Waals surface area contributed by atoms with Crippen molar-refractivity contribution in [2.45, 2.75) is 19.0 Å². The van der Waals surface area contributed by atoms with E-state index in [4.69, 9.17) is 4.74 Å². The van der Waals surface area contributed by atoms with Gasteiger partial charge in [0.25, 0.3) is 5.91 Å². The largest absolute Gasteiger partial charge is 0.494 e. The van der Waals surface area contributed by atoms with Gasteiger partial charge in [0.15, 0.2) is 11.6 Å². The highest BCUT2D eigenvalue weighted by atomic mass is 19.1. The van der Waals surface area contributed by atoms with E-state index in [0.29, 0.717) is 12.1 Å². The molecule has 0 saturated heterocycles. The number of carbonyl (C=O) groups is 1. The third kappa shape index (κ3) is 3.66. The van der Waals surface area contributed by atoms with Gasteiger partial charge < -0.3 is 9.64 Å². The fourth-order valence-corrected chi connectivity index (χ4v) is 3.33. The summed E-state index contributed by atoms with van der Waals surface area (Å²) >= 11 is 0. The van der Waals surface area contributed by atoms with Crippen LogP contribution < -0.4 is 4.74 Å². The van der Waals surface area contributed by atoms with Gasteiger partial charge in [-0.15, -0.1) is 0 Å². The fourth-order valence-electron chi connectivity index (χ4n) is 3.33. The van der Waals surface area contributed by atoms with Crippen LogP contribution in [0.15, 0.2) is 42.5 Å². The van der Waals surface area contributed by atoms with E-state index in [0.717, 1.165) is 13.0 Å². The van der Waals surface area contributed by atoms with Gasteiger partial charge in [-0.05, 0) is 42.8 Å². The third-order valence-electron chi connectivity index (χ3n) is 4.85. The van der Waals surface area contributed by atoms with E-state index >= 15 is 0 Å². The maximum absolute atomic E-state index is 13.5. The summed E-state index contributed by atoms with van der Waals surface area (Å²) < 4.78 is 18.5. The highest BCUT2D eigenvalue weighted by Crippen LogP contribution is 2.23. The first kappa shape index (κ1) is 17.4. The number of hydrogen-bond donors (Lipinski definition) is 0. The second-order valence-electron chi connectivity index (χ2n) is 6.58. The van der Waals surface area contributed by atoms with Crippen molar-refractivity contribution in [1.29, 1.82) is 0 Å². The van der Waals surface area contributed by atoms with Crippen molar-refractivity contribution in [3.8, 4) is 5.75 Å². The van der Waals surface area contributed by atoms with E-state index in [1.165, 1.54) is 36.4 Å².